The molecule has 31 heavy (non-hydrogen) atoms. The molecular weight excluding hydrogens is 398 g/mol. The van der Waals surface area contributed by atoms with Crippen molar-refractivity contribution in [1.82, 2.24) is 10.2 Å². The van der Waals surface area contributed by atoms with Gasteiger partial charge in [-0.25, -0.2) is 4.79 Å². The van der Waals surface area contributed by atoms with Gasteiger partial charge < -0.3 is 20.1 Å². The van der Waals surface area contributed by atoms with Crippen molar-refractivity contribution in [2.24, 2.45) is 0 Å². The SMILES string of the molecule is CCc1cccc(CC)c1NC(=O)CN1C(=O)N[C@](C)(c2ccc3c(c2)OCO3)C1=O. The minimum Gasteiger partial charge on any atom is -0.454 e. The van der Waals surface area contributed by atoms with E-state index in [1.807, 2.05) is 32.0 Å². The second-order valence-electron chi connectivity index (χ2n) is 7.72. The number of nitrogens with one attached hydrogen (secondary N) is 2. The lowest BCUT2D eigenvalue weighted by atomic mass is 9.91. The molecule has 0 aliphatic carbocycles. The largest absolute Gasteiger partial charge is 0.454 e. The summed E-state index contributed by atoms with van der Waals surface area (Å²) in [5.41, 5.74) is 2.03. The highest BCUT2D eigenvalue weighted by Gasteiger charge is 2.50. The number of hydrogen-bond donors (Lipinski definition) is 2. The van der Waals surface area contributed by atoms with Gasteiger partial charge in [-0.1, -0.05) is 38.1 Å². The minimum absolute atomic E-state index is 0.112. The molecule has 2 heterocycles. The van der Waals surface area contributed by atoms with Crippen molar-refractivity contribution in [2.75, 3.05) is 18.7 Å². The van der Waals surface area contributed by atoms with E-state index in [1.54, 1.807) is 25.1 Å². The maximum absolute atomic E-state index is 13.2. The van der Waals surface area contributed by atoms with Crippen molar-refractivity contribution in [3.63, 3.8) is 0 Å². The molecule has 2 aliphatic rings. The fourth-order valence-electron chi connectivity index (χ4n) is 3.97. The van der Waals surface area contributed by atoms with E-state index in [-0.39, 0.29) is 13.3 Å². The Morgan fingerprint density at radius 3 is 2.45 bits per heavy atom. The first-order valence-electron chi connectivity index (χ1n) is 10.3. The molecular formula is C23H25N3O5. The monoisotopic (exact) mass is 423 g/mol. The number of ether oxygens (including phenoxy) is 2. The molecule has 0 aromatic heterocycles. The van der Waals surface area contributed by atoms with E-state index in [9.17, 15) is 14.4 Å². The van der Waals surface area contributed by atoms with Gasteiger partial charge in [-0.3, -0.25) is 14.5 Å². The Morgan fingerprint density at radius 1 is 1.10 bits per heavy atom. The number of carbonyl (C=O) groups excluding carboxylic acids is 3. The lowest BCUT2D eigenvalue weighted by Crippen LogP contribution is -2.42. The molecule has 0 radical (unpaired) electrons. The van der Waals surface area contributed by atoms with E-state index in [0.717, 1.165) is 34.6 Å². The number of fused-ring (bicyclic) bond motifs is 1. The molecule has 0 spiro atoms. The molecule has 0 unspecified atom stereocenters. The highest BCUT2D eigenvalue weighted by atomic mass is 16.7. The predicted octanol–water partition coefficient (Wildman–Crippen LogP) is 2.95. The Labute approximate surface area is 180 Å². The molecule has 8 heteroatoms. The Kier molecular flexibility index (Phi) is 5.31. The van der Waals surface area contributed by atoms with Gasteiger partial charge in [0.25, 0.3) is 5.91 Å². The Morgan fingerprint density at radius 2 is 1.77 bits per heavy atom. The molecule has 1 fully saturated rings. The van der Waals surface area contributed by atoms with Crippen molar-refractivity contribution in [3.05, 3.63) is 53.1 Å². The molecule has 8 nitrogen and oxygen atoms in total. The van der Waals surface area contributed by atoms with E-state index in [4.69, 9.17) is 9.47 Å². The number of hydrogen-bond acceptors (Lipinski definition) is 5. The van der Waals surface area contributed by atoms with Gasteiger partial charge in [0.15, 0.2) is 11.5 Å². The van der Waals surface area contributed by atoms with Crippen molar-refractivity contribution < 1.29 is 23.9 Å². The molecule has 2 N–H and O–H groups in total. The second-order valence-corrected chi connectivity index (χ2v) is 7.72. The standard InChI is InChI=1S/C23H25N3O5/c1-4-14-7-6-8-15(5-2)20(14)24-19(27)12-26-21(28)23(3,25-22(26)29)16-9-10-17-18(11-16)31-13-30-17/h6-11H,4-5,12-13H2,1-3H3,(H,24,27)(H,25,29)/t23-/m1/s1. The van der Waals surface area contributed by atoms with Crippen LogP contribution in [0.4, 0.5) is 10.5 Å². The summed E-state index contributed by atoms with van der Waals surface area (Å²) in [5.74, 6) is 0.182. The molecule has 2 aromatic carbocycles. The number of para-hydroxylation sites is 1. The van der Waals surface area contributed by atoms with E-state index < -0.39 is 23.4 Å². The maximum Gasteiger partial charge on any atom is 0.325 e. The van der Waals surface area contributed by atoms with Gasteiger partial charge in [0.2, 0.25) is 12.7 Å². The third-order valence-electron chi connectivity index (χ3n) is 5.79. The number of benzene rings is 2. The van der Waals surface area contributed by atoms with Crippen molar-refractivity contribution >= 4 is 23.5 Å². The number of amides is 4. The zero-order chi connectivity index (χ0) is 22.2. The summed E-state index contributed by atoms with van der Waals surface area (Å²) in [6.45, 7) is 5.38. The van der Waals surface area contributed by atoms with Gasteiger partial charge in [-0.15, -0.1) is 0 Å². The van der Waals surface area contributed by atoms with Gasteiger partial charge in [-0.2, -0.15) is 0 Å². The van der Waals surface area contributed by atoms with E-state index in [0.29, 0.717) is 17.1 Å². The fourth-order valence-corrected chi connectivity index (χ4v) is 3.97. The van der Waals surface area contributed by atoms with Crippen LogP contribution in [0.5, 0.6) is 11.5 Å². The van der Waals surface area contributed by atoms with E-state index >= 15 is 0 Å². The number of aryl methyl sites for hydroxylation is 2. The highest BCUT2D eigenvalue weighted by Crippen LogP contribution is 2.37. The van der Waals surface area contributed by atoms with E-state index in [2.05, 4.69) is 10.6 Å². The first-order valence-corrected chi connectivity index (χ1v) is 10.3. The van der Waals surface area contributed by atoms with Crippen LogP contribution < -0.4 is 20.1 Å². The molecule has 2 aliphatic heterocycles. The van der Waals surface area contributed by atoms with Gasteiger partial charge in [0.1, 0.15) is 12.1 Å². The number of anilines is 1. The molecule has 2 aromatic rings. The van der Waals surface area contributed by atoms with Crippen LogP contribution in [0, 0.1) is 0 Å². The summed E-state index contributed by atoms with van der Waals surface area (Å²) in [7, 11) is 0. The van der Waals surface area contributed by atoms with Crippen LogP contribution in [0.3, 0.4) is 0 Å². The minimum atomic E-state index is -1.30. The third kappa shape index (κ3) is 3.58. The molecule has 1 saturated heterocycles. The zero-order valence-corrected chi connectivity index (χ0v) is 17.8. The lowest BCUT2D eigenvalue weighted by Gasteiger charge is -2.22. The fraction of sp³-hybridized carbons (Fsp3) is 0.348. The first kappa shape index (κ1) is 20.7. The van der Waals surface area contributed by atoms with Crippen LogP contribution in [-0.2, 0) is 28.0 Å². The van der Waals surface area contributed by atoms with Crippen LogP contribution in [0.25, 0.3) is 0 Å². The summed E-state index contributed by atoms with van der Waals surface area (Å²) >= 11 is 0. The smallest absolute Gasteiger partial charge is 0.325 e. The predicted molar refractivity (Wildman–Crippen MR) is 114 cm³/mol. The zero-order valence-electron chi connectivity index (χ0n) is 17.8. The molecule has 1 atom stereocenters. The maximum atomic E-state index is 13.2. The number of rotatable bonds is 6. The van der Waals surface area contributed by atoms with Crippen LogP contribution >= 0.6 is 0 Å². The summed E-state index contributed by atoms with van der Waals surface area (Å²) in [4.78, 5) is 39.5. The summed E-state index contributed by atoms with van der Waals surface area (Å²) in [5, 5.41) is 5.61. The average Bonchev–Trinajstić information content (AvgIpc) is 3.32. The van der Waals surface area contributed by atoms with Crippen LogP contribution in [-0.4, -0.2) is 36.1 Å². The van der Waals surface area contributed by atoms with E-state index in [1.165, 1.54) is 0 Å². The second kappa shape index (κ2) is 7.94. The summed E-state index contributed by atoms with van der Waals surface area (Å²) in [6.07, 6.45) is 1.52. The molecule has 0 saturated carbocycles. The number of imide groups is 1. The highest BCUT2D eigenvalue weighted by molar-refractivity contribution is 6.10. The van der Waals surface area contributed by atoms with Crippen molar-refractivity contribution in [2.45, 2.75) is 39.2 Å². The molecule has 162 valence electrons. The summed E-state index contributed by atoms with van der Waals surface area (Å²) in [6, 6.07) is 10.3. The lowest BCUT2D eigenvalue weighted by molar-refractivity contribution is -0.133. The number of urea groups is 1. The first-order chi connectivity index (χ1) is 14.9. The third-order valence-corrected chi connectivity index (χ3v) is 5.79. The normalized spacial score (nSPS) is 19.5. The van der Waals surface area contributed by atoms with Gasteiger partial charge in [-0.05, 0) is 48.6 Å². The Bertz CT molecular complexity index is 1040. The Balaban J connectivity index is 1.53. The summed E-state index contributed by atoms with van der Waals surface area (Å²) < 4.78 is 10.7. The van der Waals surface area contributed by atoms with Crippen molar-refractivity contribution in [1.29, 1.82) is 0 Å². The molecule has 0 bridgehead atoms. The van der Waals surface area contributed by atoms with Crippen molar-refractivity contribution in [3.8, 4) is 11.5 Å². The van der Waals surface area contributed by atoms with Crippen LogP contribution in [0.15, 0.2) is 36.4 Å². The topological polar surface area (TPSA) is 97.0 Å². The van der Waals surface area contributed by atoms with Gasteiger partial charge >= 0.3 is 6.03 Å². The quantitative estimate of drug-likeness (QED) is 0.697. The molecule has 4 rings (SSSR count). The number of carbonyl (C=O) groups is 3. The van der Waals surface area contributed by atoms with Gasteiger partial charge in [0.05, 0.1) is 0 Å². The molecule has 4 amide bonds. The number of nitrogens with zero attached hydrogens (tertiary/aromatic N) is 1. The Hall–Kier alpha value is -3.55. The van der Waals surface area contributed by atoms with Crippen LogP contribution in [0.1, 0.15) is 37.5 Å². The van der Waals surface area contributed by atoms with Crippen LogP contribution in [0.2, 0.25) is 0 Å². The average molecular weight is 423 g/mol. The van der Waals surface area contributed by atoms with Gasteiger partial charge in [0, 0.05) is 5.69 Å².